The summed E-state index contributed by atoms with van der Waals surface area (Å²) in [5, 5.41) is 3.38. The van der Waals surface area contributed by atoms with Gasteiger partial charge in [-0.15, -0.1) is 0 Å². The fraction of sp³-hybridized carbons (Fsp3) is 0.500. The topological polar surface area (TPSA) is 69.7 Å². The van der Waals surface area contributed by atoms with Crippen LogP contribution in [0.25, 0.3) is 0 Å². The predicted octanol–water partition coefficient (Wildman–Crippen LogP) is 2.20. The first kappa shape index (κ1) is 17.9. The van der Waals surface area contributed by atoms with Crippen LogP contribution in [0.15, 0.2) is 18.2 Å². The molecule has 1 aliphatic heterocycles. The Hall–Kier alpha value is -1.92. The Kier molecular flexibility index (Phi) is 5.11. The highest BCUT2D eigenvalue weighted by Gasteiger charge is 2.47. The van der Waals surface area contributed by atoms with Crippen LogP contribution in [0.2, 0.25) is 5.02 Å². The summed E-state index contributed by atoms with van der Waals surface area (Å²) in [4.78, 5) is 40.2. The molecule has 2 fully saturated rings. The second-order valence-electron chi connectivity index (χ2n) is 6.62. The molecule has 1 unspecified atom stereocenters. The van der Waals surface area contributed by atoms with Crippen LogP contribution in [0, 0.1) is 6.92 Å². The molecule has 0 bridgehead atoms. The first-order valence-electron chi connectivity index (χ1n) is 8.56. The van der Waals surface area contributed by atoms with Crippen LogP contribution in [0.1, 0.15) is 31.7 Å². The number of amides is 3. The van der Waals surface area contributed by atoms with Crippen molar-refractivity contribution in [1.82, 2.24) is 9.80 Å². The molecular weight excluding hydrogens is 342 g/mol. The molecule has 1 atom stereocenters. The van der Waals surface area contributed by atoms with Gasteiger partial charge in [0.05, 0.1) is 19.0 Å². The van der Waals surface area contributed by atoms with Crippen molar-refractivity contribution < 1.29 is 14.4 Å². The fourth-order valence-corrected chi connectivity index (χ4v) is 3.35. The zero-order chi connectivity index (χ0) is 18.1. The Morgan fingerprint density at radius 1 is 1.36 bits per heavy atom. The number of benzene rings is 1. The Labute approximate surface area is 152 Å². The number of nitrogens with zero attached hydrogens (tertiary/aromatic N) is 2. The van der Waals surface area contributed by atoms with Gasteiger partial charge in [-0.1, -0.05) is 24.6 Å². The summed E-state index contributed by atoms with van der Waals surface area (Å²) in [6, 6.07) is 4.84. The van der Waals surface area contributed by atoms with E-state index in [-0.39, 0.29) is 36.7 Å². The van der Waals surface area contributed by atoms with E-state index in [1.54, 1.807) is 17.0 Å². The second-order valence-corrected chi connectivity index (χ2v) is 7.06. The summed E-state index contributed by atoms with van der Waals surface area (Å²) in [5.41, 5.74) is 1.56. The molecular formula is C18H22ClN3O3. The highest BCUT2D eigenvalue weighted by Crippen LogP contribution is 2.32. The quantitative estimate of drug-likeness (QED) is 0.787. The zero-order valence-electron chi connectivity index (χ0n) is 14.4. The van der Waals surface area contributed by atoms with Crippen molar-refractivity contribution in [1.29, 1.82) is 0 Å². The van der Waals surface area contributed by atoms with Crippen molar-refractivity contribution in [3.8, 4) is 0 Å². The number of aryl methyl sites for hydroxylation is 1. The number of halogens is 1. The number of carbonyl (C=O) groups excluding carboxylic acids is 3. The third-order valence-electron chi connectivity index (χ3n) is 4.74. The first-order chi connectivity index (χ1) is 11.9. The smallest absolute Gasteiger partial charge is 0.247 e. The normalized spacial score (nSPS) is 20.5. The highest BCUT2D eigenvalue weighted by molar-refractivity contribution is 6.31. The lowest BCUT2D eigenvalue weighted by molar-refractivity contribution is -0.140. The standard InChI is InChI=1S/C18H22ClN3O3/c1-3-21(15-9-17(24)22(18(15)25)13-6-7-13)10-16(23)20-14-8-12(19)5-4-11(14)2/h4-5,8,13,15H,3,6-7,9-10H2,1-2H3,(H,20,23). The molecule has 0 spiro atoms. The largest absolute Gasteiger partial charge is 0.325 e. The summed E-state index contributed by atoms with van der Waals surface area (Å²) >= 11 is 5.97. The van der Waals surface area contributed by atoms with Gasteiger partial charge < -0.3 is 5.32 Å². The maximum absolute atomic E-state index is 12.6. The summed E-state index contributed by atoms with van der Waals surface area (Å²) in [6.07, 6.45) is 1.95. The number of nitrogens with one attached hydrogen (secondary N) is 1. The number of hydrogen-bond acceptors (Lipinski definition) is 4. The third kappa shape index (κ3) is 3.85. The van der Waals surface area contributed by atoms with E-state index >= 15 is 0 Å². The van der Waals surface area contributed by atoms with Gasteiger partial charge in [0.15, 0.2) is 0 Å². The van der Waals surface area contributed by atoms with E-state index in [0.717, 1.165) is 18.4 Å². The highest BCUT2D eigenvalue weighted by atomic mass is 35.5. The molecule has 1 heterocycles. The van der Waals surface area contributed by atoms with Crippen LogP contribution in [0.5, 0.6) is 0 Å². The Morgan fingerprint density at radius 3 is 2.72 bits per heavy atom. The average Bonchev–Trinajstić information content (AvgIpc) is 3.34. The molecule has 1 aliphatic carbocycles. The minimum absolute atomic E-state index is 0.0602. The molecule has 1 aromatic rings. The van der Waals surface area contributed by atoms with Crippen LogP contribution in [-0.4, -0.2) is 52.7 Å². The summed E-state index contributed by atoms with van der Waals surface area (Å²) in [6.45, 7) is 4.35. The van der Waals surface area contributed by atoms with Gasteiger partial charge in [-0.25, -0.2) is 0 Å². The Morgan fingerprint density at radius 2 is 2.08 bits per heavy atom. The SMILES string of the molecule is CCN(CC(=O)Nc1cc(Cl)ccc1C)C1CC(=O)N(C2CC2)C1=O. The van der Waals surface area contributed by atoms with Gasteiger partial charge in [-0.3, -0.25) is 24.2 Å². The van der Waals surface area contributed by atoms with E-state index in [1.165, 1.54) is 4.90 Å². The summed E-state index contributed by atoms with van der Waals surface area (Å²) < 4.78 is 0. The molecule has 1 saturated carbocycles. The molecule has 25 heavy (non-hydrogen) atoms. The molecule has 7 heteroatoms. The molecule has 1 saturated heterocycles. The van der Waals surface area contributed by atoms with Crippen molar-refractivity contribution in [3.63, 3.8) is 0 Å². The minimum atomic E-state index is -0.538. The monoisotopic (exact) mass is 363 g/mol. The van der Waals surface area contributed by atoms with Crippen LogP contribution in [-0.2, 0) is 14.4 Å². The average molecular weight is 364 g/mol. The number of rotatable bonds is 6. The van der Waals surface area contributed by atoms with E-state index in [1.807, 2.05) is 19.9 Å². The van der Waals surface area contributed by atoms with Gasteiger partial charge in [0.2, 0.25) is 17.7 Å². The molecule has 6 nitrogen and oxygen atoms in total. The number of imide groups is 1. The molecule has 134 valence electrons. The lowest BCUT2D eigenvalue weighted by Gasteiger charge is -2.25. The fourth-order valence-electron chi connectivity index (χ4n) is 3.18. The maximum Gasteiger partial charge on any atom is 0.247 e. The van der Waals surface area contributed by atoms with Crippen molar-refractivity contribution >= 4 is 35.0 Å². The molecule has 0 aromatic heterocycles. The van der Waals surface area contributed by atoms with Gasteiger partial charge in [-0.2, -0.15) is 0 Å². The second kappa shape index (κ2) is 7.14. The van der Waals surface area contributed by atoms with E-state index < -0.39 is 6.04 Å². The molecule has 1 N–H and O–H groups in total. The van der Waals surface area contributed by atoms with Crippen LogP contribution >= 0.6 is 11.6 Å². The number of anilines is 1. The number of hydrogen-bond donors (Lipinski definition) is 1. The third-order valence-corrected chi connectivity index (χ3v) is 4.97. The number of likely N-dealkylation sites (N-methyl/N-ethyl adjacent to an activating group) is 1. The minimum Gasteiger partial charge on any atom is -0.325 e. The predicted molar refractivity (Wildman–Crippen MR) is 95.3 cm³/mol. The van der Waals surface area contributed by atoms with Gasteiger partial charge in [0.1, 0.15) is 0 Å². The van der Waals surface area contributed by atoms with E-state index in [9.17, 15) is 14.4 Å². The van der Waals surface area contributed by atoms with E-state index in [2.05, 4.69) is 5.32 Å². The van der Waals surface area contributed by atoms with Crippen molar-refractivity contribution in [2.24, 2.45) is 0 Å². The summed E-state index contributed by atoms with van der Waals surface area (Å²) in [5.74, 6) is -0.513. The first-order valence-corrected chi connectivity index (χ1v) is 8.94. The van der Waals surface area contributed by atoms with Crippen LogP contribution < -0.4 is 5.32 Å². The molecule has 1 aromatic carbocycles. The van der Waals surface area contributed by atoms with Gasteiger partial charge >= 0.3 is 0 Å². The molecule has 3 rings (SSSR count). The molecule has 3 amide bonds. The van der Waals surface area contributed by atoms with Crippen molar-refractivity contribution in [2.45, 2.75) is 45.2 Å². The lowest BCUT2D eigenvalue weighted by atomic mass is 10.2. The molecule has 0 radical (unpaired) electrons. The van der Waals surface area contributed by atoms with Gasteiger partial charge in [0.25, 0.3) is 0 Å². The zero-order valence-corrected chi connectivity index (χ0v) is 15.2. The van der Waals surface area contributed by atoms with Crippen molar-refractivity contribution in [2.75, 3.05) is 18.4 Å². The van der Waals surface area contributed by atoms with Crippen LogP contribution in [0.3, 0.4) is 0 Å². The molecule has 2 aliphatic rings. The van der Waals surface area contributed by atoms with E-state index in [4.69, 9.17) is 11.6 Å². The number of carbonyl (C=O) groups is 3. The number of likely N-dealkylation sites (tertiary alicyclic amines) is 1. The van der Waals surface area contributed by atoms with E-state index in [0.29, 0.717) is 17.3 Å². The van der Waals surface area contributed by atoms with Crippen molar-refractivity contribution in [3.05, 3.63) is 28.8 Å². The Bertz CT molecular complexity index is 718. The Balaban J connectivity index is 1.65. The van der Waals surface area contributed by atoms with Gasteiger partial charge in [-0.05, 0) is 44.0 Å². The summed E-state index contributed by atoms with van der Waals surface area (Å²) in [7, 11) is 0. The maximum atomic E-state index is 12.6. The van der Waals surface area contributed by atoms with Crippen LogP contribution in [0.4, 0.5) is 5.69 Å². The lowest BCUT2D eigenvalue weighted by Crippen LogP contribution is -2.45. The van der Waals surface area contributed by atoms with Gasteiger partial charge in [0, 0.05) is 16.8 Å².